The molecule has 0 unspecified atom stereocenters. The Morgan fingerprint density at radius 2 is 2.15 bits per heavy atom. The third-order valence-electron chi connectivity index (χ3n) is 2.48. The lowest BCUT2D eigenvalue weighted by Gasteiger charge is -2.07. The molecule has 0 amide bonds. The summed E-state index contributed by atoms with van der Waals surface area (Å²) in [6.07, 6.45) is 1.95. The third kappa shape index (κ3) is 3.62. The van der Waals surface area contributed by atoms with E-state index in [9.17, 15) is 10.1 Å². The van der Waals surface area contributed by atoms with Gasteiger partial charge >= 0.3 is 0 Å². The average Bonchev–Trinajstić information content (AvgIpc) is 2.92. The number of rotatable bonds is 6. The Morgan fingerprint density at radius 3 is 2.75 bits per heavy atom. The van der Waals surface area contributed by atoms with E-state index in [1.807, 2.05) is 6.26 Å². The van der Waals surface area contributed by atoms with Crippen LogP contribution >= 0.6 is 34.9 Å². The van der Waals surface area contributed by atoms with Crippen molar-refractivity contribution in [3.05, 3.63) is 33.9 Å². The molecule has 0 aliphatic carbocycles. The summed E-state index contributed by atoms with van der Waals surface area (Å²) >= 11 is 4.61. The maximum Gasteiger partial charge on any atom is 0.269 e. The fourth-order valence-electron chi connectivity index (χ4n) is 1.53. The van der Waals surface area contributed by atoms with Gasteiger partial charge < -0.3 is 5.32 Å². The Morgan fingerprint density at radius 1 is 1.40 bits per heavy atom. The van der Waals surface area contributed by atoms with E-state index in [0.29, 0.717) is 5.75 Å². The number of non-ortho nitro benzene ring substituents is 1. The van der Waals surface area contributed by atoms with E-state index < -0.39 is 0 Å². The van der Waals surface area contributed by atoms with Crippen LogP contribution in [0.5, 0.6) is 0 Å². The fourth-order valence-corrected chi connectivity index (χ4v) is 3.96. The van der Waals surface area contributed by atoms with Crippen LogP contribution in [-0.2, 0) is 5.75 Å². The third-order valence-corrected chi connectivity index (χ3v) is 5.56. The number of nitro groups is 1. The van der Waals surface area contributed by atoms with Gasteiger partial charge in [-0.25, -0.2) is 0 Å². The first-order valence-corrected chi connectivity index (χ1v) is 8.62. The van der Waals surface area contributed by atoms with Crippen molar-refractivity contribution in [1.29, 1.82) is 0 Å². The SMILES string of the molecule is CNc1ccc([N+](=O)[O-])cc1CSc1nnc(SC)s1. The molecular weight excluding hydrogens is 316 g/mol. The molecule has 0 aliphatic heterocycles. The molecule has 0 atom stereocenters. The second-order valence-corrected chi connectivity index (χ2v) is 6.93. The molecular formula is C11H12N4O2S3. The predicted molar refractivity (Wildman–Crippen MR) is 83.9 cm³/mol. The summed E-state index contributed by atoms with van der Waals surface area (Å²) in [6.45, 7) is 0. The molecule has 0 saturated carbocycles. The Kier molecular flexibility index (Phi) is 5.21. The Labute approximate surface area is 128 Å². The molecule has 2 aromatic rings. The molecule has 1 heterocycles. The van der Waals surface area contributed by atoms with Gasteiger partial charge in [0.2, 0.25) is 0 Å². The standard InChI is InChI=1S/C11H12N4O2S3/c1-12-9-4-3-8(15(16)17)5-7(9)6-19-11-14-13-10(18-2)20-11/h3-5,12H,6H2,1-2H3. The molecule has 1 N–H and O–H groups in total. The van der Waals surface area contributed by atoms with E-state index in [-0.39, 0.29) is 10.6 Å². The summed E-state index contributed by atoms with van der Waals surface area (Å²) in [5.74, 6) is 0.612. The molecule has 6 nitrogen and oxygen atoms in total. The number of hydrogen-bond acceptors (Lipinski definition) is 8. The summed E-state index contributed by atoms with van der Waals surface area (Å²) in [5, 5.41) is 22.0. The van der Waals surface area contributed by atoms with Crippen molar-refractivity contribution >= 4 is 46.2 Å². The van der Waals surface area contributed by atoms with E-state index >= 15 is 0 Å². The van der Waals surface area contributed by atoms with Gasteiger partial charge in [0.15, 0.2) is 8.68 Å². The molecule has 20 heavy (non-hydrogen) atoms. The lowest BCUT2D eigenvalue weighted by molar-refractivity contribution is -0.384. The minimum Gasteiger partial charge on any atom is -0.388 e. The zero-order chi connectivity index (χ0) is 14.5. The Hall–Kier alpha value is -1.32. The number of thioether (sulfide) groups is 2. The zero-order valence-electron chi connectivity index (χ0n) is 10.8. The van der Waals surface area contributed by atoms with Crippen LogP contribution in [0.3, 0.4) is 0 Å². The van der Waals surface area contributed by atoms with Crippen LogP contribution < -0.4 is 5.32 Å². The zero-order valence-corrected chi connectivity index (χ0v) is 13.3. The van der Waals surface area contributed by atoms with Crippen LogP contribution in [0.15, 0.2) is 26.9 Å². The second kappa shape index (κ2) is 6.91. The highest BCUT2D eigenvalue weighted by Gasteiger charge is 2.12. The topological polar surface area (TPSA) is 81.0 Å². The van der Waals surface area contributed by atoms with Gasteiger partial charge in [0.25, 0.3) is 5.69 Å². The molecule has 1 aromatic carbocycles. The molecule has 0 saturated heterocycles. The number of hydrogen-bond donors (Lipinski definition) is 1. The molecule has 9 heteroatoms. The number of nitro benzene ring substituents is 1. The van der Waals surface area contributed by atoms with Crippen LogP contribution in [-0.4, -0.2) is 28.4 Å². The predicted octanol–water partition coefficient (Wildman–Crippen LogP) is 3.50. The Bertz CT molecular complexity index is 617. The smallest absolute Gasteiger partial charge is 0.269 e. The van der Waals surface area contributed by atoms with Gasteiger partial charge in [-0.3, -0.25) is 10.1 Å². The number of aromatic nitrogens is 2. The molecule has 106 valence electrons. The number of nitrogens with one attached hydrogen (secondary N) is 1. The highest BCUT2D eigenvalue weighted by atomic mass is 32.2. The molecule has 0 spiro atoms. The van der Waals surface area contributed by atoms with Crippen molar-refractivity contribution in [2.75, 3.05) is 18.6 Å². The van der Waals surface area contributed by atoms with Gasteiger partial charge in [-0.2, -0.15) is 0 Å². The van der Waals surface area contributed by atoms with Crippen LogP contribution in [0.2, 0.25) is 0 Å². The van der Waals surface area contributed by atoms with Gasteiger partial charge in [-0.05, 0) is 17.9 Å². The monoisotopic (exact) mass is 328 g/mol. The lowest BCUT2D eigenvalue weighted by Crippen LogP contribution is -1.96. The highest BCUT2D eigenvalue weighted by molar-refractivity contribution is 8.02. The Balaban J connectivity index is 2.14. The van der Waals surface area contributed by atoms with Crippen LogP contribution in [0.4, 0.5) is 11.4 Å². The summed E-state index contributed by atoms with van der Waals surface area (Å²) in [6, 6.07) is 4.81. The van der Waals surface area contributed by atoms with E-state index in [4.69, 9.17) is 0 Å². The number of anilines is 1. The fraction of sp³-hybridized carbons (Fsp3) is 0.273. The maximum atomic E-state index is 10.8. The van der Waals surface area contributed by atoms with Crippen molar-refractivity contribution in [2.45, 2.75) is 14.4 Å². The van der Waals surface area contributed by atoms with Crippen LogP contribution in [0.25, 0.3) is 0 Å². The van der Waals surface area contributed by atoms with Crippen molar-refractivity contribution in [2.24, 2.45) is 0 Å². The van der Waals surface area contributed by atoms with Crippen molar-refractivity contribution in [1.82, 2.24) is 10.2 Å². The van der Waals surface area contributed by atoms with Gasteiger partial charge in [-0.1, -0.05) is 34.9 Å². The first kappa shape index (κ1) is 15.1. The maximum absolute atomic E-state index is 10.8. The van der Waals surface area contributed by atoms with E-state index in [1.165, 1.54) is 29.2 Å². The lowest BCUT2D eigenvalue weighted by atomic mass is 10.2. The molecule has 0 fully saturated rings. The summed E-state index contributed by atoms with van der Waals surface area (Å²) in [7, 11) is 1.80. The molecule has 0 bridgehead atoms. The minimum absolute atomic E-state index is 0.0988. The number of nitrogens with zero attached hydrogens (tertiary/aromatic N) is 3. The molecule has 0 radical (unpaired) electrons. The number of benzene rings is 1. The molecule has 0 aliphatic rings. The summed E-state index contributed by atoms with van der Waals surface area (Å²) < 4.78 is 1.78. The van der Waals surface area contributed by atoms with E-state index in [1.54, 1.807) is 30.9 Å². The molecule has 1 aromatic heterocycles. The quantitative estimate of drug-likeness (QED) is 0.494. The highest BCUT2D eigenvalue weighted by Crippen LogP contribution is 2.32. The van der Waals surface area contributed by atoms with Gasteiger partial charge in [0.1, 0.15) is 0 Å². The first-order valence-electron chi connectivity index (χ1n) is 5.59. The largest absolute Gasteiger partial charge is 0.388 e. The van der Waals surface area contributed by atoms with E-state index in [2.05, 4.69) is 15.5 Å². The van der Waals surface area contributed by atoms with Crippen molar-refractivity contribution in [3.8, 4) is 0 Å². The minimum atomic E-state index is -0.385. The van der Waals surface area contributed by atoms with Crippen LogP contribution in [0, 0.1) is 10.1 Å². The first-order chi connectivity index (χ1) is 9.63. The van der Waals surface area contributed by atoms with Crippen LogP contribution in [0.1, 0.15) is 5.56 Å². The van der Waals surface area contributed by atoms with Gasteiger partial charge in [-0.15, -0.1) is 10.2 Å². The van der Waals surface area contributed by atoms with Crippen molar-refractivity contribution in [3.63, 3.8) is 0 Å². The van der Waals surface area contributed by atoms with Gasteiger partial charge in [0.05, 0.1) is 4.92 Å². The van der Waals surface area contributed by atoms with Crippen molar-refractivity contribution < 1.29 is 4.92 Å². The normalized spacial score (nSPS) is 10.5. The summed E-state index contributed by atoms with van der Waals surface area (Å²) in [4.78, 5) is 10.4. The average molecular weight is 328 g/mol. The van der Waals surface area contributed by atoms with E-state index in [0.717, 1.165) is 19.9 Å². The summed E-state index contributed by atoms with van der Waals surface area (Å²) in [5.41, 5.74) is 1.87. The van der Waals surface area contributed by atoms with Gasteiger partial charge in [0, 0.05) is 30.6 Å². The second-order valence-electron chi connectivity index (χ2n) is 3.68. The molecule has 2 rings (SSSR count).